The van der Waals surface area contributed by atoms with Crippen LogP contribution in [-0.2, 0) is 23.9 Å². The minimum Gasteiger partial charge on any atom is -0.504 e. The number of benzene rings is 2. The molecular weight excluding hydrogens is 492 g/mol. The lowest BCUT2D eigenvalue weighted by atomic mass is 9.79. The molecule has 0 aromatic heterocycles. The number of hydrogen-bond acceptors (Lipinski definition) is 11. The number of phenolic OH excluding ortho intramolecular Hbond substituents is 4. The fourth-order valence-electron chi connectivity index (χ4n) is 3.72. The van der Waals surface area contributed by atoms with E-state index in [0.717, 1.165) is 18.2 Å². The van der Waals surface area contributed by atoms with E-state index in [1.54, 1.807) is 0 Å². The highest BCUT2D eigenvalue weighted by molar-refractivity contribution is 5.91. The van der Waals surface area contributed by atoms with Gasteiger partial charge in [-0.3, -0.25) is 0 Å². The molecule has 196 valence electrons. The molecule has 1 aliphatic carbocycles. The second-order valence-electron chi connectivity index (χ2n) is 8.33. The number of aromatic hydroxyl groups is 4. The summed E-state index contributed by atoms with van der Waals surface area (Å²) in [4.78, 5) is 36.4. The zero-order chi connectivity index (χ0) is 27.3. The van der Waals surface area contributed by atoms with Gasteiger partial charge in [0.2, 0.25) is 5.60 Å². The first-order valence-electron chi connectivity index (χ1n) is 10.8. The third kappa shape index (κ3) is 6.57. The van der Waals surface area contributed by atoms with E-state index in [-0.39, 0.29) is 11.5 Å². The van der Waals surface area contributed by atoms with Gasteiger partial charge < -0.3 is 45.2 Å². The summed E-state index contributed by atoms with van der Waals surface area (Å²) in [5.74, 6) is -5.32. The molecule has 2 atom stereocenters. The molecule has 1 aliphatic rings. The number of hydrogen-bond donors (Lipinski definition) is 7. The van der Waals surface area contributed by atoms with Crippen LogP contribution >= 0.6 is 0 Å². The summed E-state index contributed by atoms with van der Waals surface area (Å²) >= 11 is 0. The molecule has 3 rings (SSSR count). The Morgan fingerprint density at radius 1 is 0.757 bits per heavy atom. The van der Waals surface area contributed by atoms with Gasteiger partial charge in [-0.1, -0.05) is 12.1 Å². The highest BCUT2D eigenvalue weighted by Gasteiger charge is 2.54. The molecule has 1 fully saturated rings. The Balaban J connectivity index is 1.66. The Bertz CT molecular complexity index is 1240. The molecule has 37 heavy (non-hydrogen) atoms. The Hall–Kier alpha value is -4.55. The summed E-state index contributed by atoms with van der Waals surface area (Å²) in [6.45, 7) is 0. The van der Waals surface area contributed by atoms with Gasteiger partial charge in [0.25, 0.3) is 0 Å². The van der Waals surface area contributed by atoms with Gasteiger partial charge in [0.15, 0.2) is 29.1 Å². The van der Waals surface area contributed by atoms with Crippen LogP contribution in [0.3, 0.4) is 0 Å². The number of phenols is 4. The maximum absolute atomic E-state index is 12.3. The number of esters is 2. The third-order valence-corrected chi connectivity index (χ3v) is 5.60. The smallest absolute Gasteiger partial charge is 0.348 e. The van der Waals surface area contributed by atoms with E-state index in [2.05, 4.69) is 0 Å². The van der Waals surface area contributed by atoms with Gasteiger partial charge in [0, 0.05) is 25.0 Å². The topological polar surface area (TPSA) is 211 Å². The van der Waals surface area contributed by atoms with Crippen LogP contribution in [0.5, 0.6) is 23.0 Å². The second kappa shape index (κ2) is 11.0. The number of aliphatic hydroxyl groups is 2. The molecular formula is C25H24O12. The second-order valence-corrected chi connectivity index (χ2v) is 8.33. The van der Waals surface area contributed by atoms with E-state index in [9.17, 15) is 50.1 Å². The number of aliphatic hydroxyl groups excluding tert-OH is 2. The van der Waals surface area contributed by atoms with Crippen molar-refractivity contribution in [1.82, 2.24) is 0 Å². The molecule has 0 bridgehead atoms. The molecule has 2 aromatic carbocycles. The summed E-state index contributed by atoms with van der Waals surface area (Å²) in [6.07, 6.45) is -2.07. The van der Waals surface area contributed by atoms with Crippen LogP contribution in [0.2, 0.25) is 0 Å². The zero-order valence-electron chi connectivity index (χ0n) is 19.1. The number of carboxylic acids is 1. The van der Waals surface area contributed by atoms with Crippen LogP contribution < -0.4 is 0 Å². The predicted octanol–water partition coefficient (Wildman–Crippen LogP) is 1.03. The molecule has 7 N–H and O–H groups in total. The van der Waals surface area contributed by atoms with Crippen molar-refractivity contribution >= 4 is 30.1 Å². The summed E-state index contributed by atoms with van der Waals surface area (Å²) < 4.78 is 10.1. The molecule has 0 amide bonds. The molecule has 0 spiro atoms. The van der Waals surface area contributed by atoms with Crippen LogP contribution in [0.15, 0.2) is 48.6 Å². The van der Waals surface area contributed by atoms with E-state index in [1.807, 2.05) is 0 Å². The quantitative estimate of drug-likeness (QED) is 0.156. The monoisotopic (exact) mass is 516 g/mol. The Kier molecular flexibility index (Phi) is 8.05. The maximum atomic E-state index is 12.3. The van der Waals surface area contributed by atoms with Crippen LogP contribution in [0.4, 0.5) is 0 Å². The Morgan fingerprint density at radius 2 is 1.22 bits per heavy atom. The van der Waals surface area contributed by atoms with Crippen molar-refractivity contribution in [2.75, 3.05) is 0 Å². The van der Waals surface area contributed by atoms with E-state index in [1.165, 1.54) is 42.5 Å². The van der Waals surface area contributed by atoms with Gasteiger partial charge in [-0.05, 0) is 47.5 Å². The molecule has 0 unspecified atom stereocenters. The highest BCUT2D eigenvalue weighted by atomic mass is 16.6. The lowest BCUT2D eigenvalue weighted by Gasteiger charge is -2.41. The molecule has 0 heterocycles. The van der Waals surface area contributed by atoms with Crippen molar-refractivity contribution in [3.8, 4) is 23.0 Å². The number of rotatable bonds is 7. The summed E-state index contributed by atoms with van der Waals surface area (Å²) in [5, 5.41) is 68.3. The number of carbonyl (C=O) groups excluding carboxylic acids is 2. The van der Waals surface area contributed by atoms with E-state index < -0.39 is 66.2 Å². The SMILES string of the molecule is O=C(/C=C\c1ccc(O)c(O)c1)OC1[C@@H](O)CC(OC(=O)/C=C\c2ccc(O)c(O)c2)(C(=O)O)C[C@@H]1O. The fourth-order valence-corrected chi connectivity index (χ4v) is 3.72. The molecule has 1 saturated carbocycles. The van der Waals surface area contributed by atoms with Crippen molar-refractivity contribution in [2.45, 2.75) is 36.8 Å². The molecule has 2 aromatic rings. The van der Waals surface area contributed by atoms with Gasteiger partial charge >= 0.3 is 17.9 Å². The summed E-state index contributed by atoms with van der Waals surface area (Å²) in [5.41, 5.74) is -1.69. The first kappa shape index (κ1) is 27.0. The van der Waals surface area contributed by atoms with Crippen molar-refractivity contribution in [1.29, 1.82) is 0 Å². The fraction of sp³-hybridized carbons (Fsp3) is 0.240. The van der Waals surface area contributed by atoms with Crippen LogP contribution in [0.1, 0.15) is 24.0 Å². The predicted molar refractivity (Wildman–Crippen MR) is 125 cm³/mol. The van der Waals surface area contributed by atoms with Gasteiger partial charge in [0.05, 0.1) is 12.2 Å². The molecule has 12 heteroatoms. The number of carboxylic acid groups (broad SMARTS) is 1. The Labute approximate surface area is 209 Å². The Morgan fingerprint density at radius 3 is 1.65 bits per heavy atom. The standard InChI is InChI=1S/C25H24O12/c26-15-5-1-13(9-17(15)28)3-7-21(32)36-23-19(30)11-25(24(34)35,12-20(23)31)37-22(33)8-4-14-2-6-16(27)18(29)10-14/h1-10,19-20,23,26-31H,11-12H2,(H,34,35)/b7-3-,8-4-/t19-,20-,23?,25?/m0/s1. The minimum atomic E-state index is -2.32. The lowest BCUT2D eigenvalue weighted by molar-refractivity contribution is -0.207. The van der Waals surface area contributed by atoms with Crippen LogP contribution in [0, 0.1) is 0 Å². The van der Waals surface area contributed by atoms with Gasteiger partial charge in [0.1, 0.15) is 0 Å². The minimum absolute atomic E-state index is 0.294. The molecule has 0 radical (unpaired) electrons. The maximum Gasteiger partial charge on any atom is 0.348 e. The average molecular weight is 516 g/mol. The number of aliphatic carboxylic acids is 1. The van der Waals surface area contributed by atoms with Crippen molar-refractivity contribution in [3.05, 3.63) is 59.7 Å². The van der Waals surface area contributed by atoms with Crippen molar-refractivity contribution in [2.24, 2.45) is 0 Å². The molecule has 0 saturated heterocycles. The highest BCUT2D eigenvalue weighted by Crippen LogP contribution is 2.35. The number of ether oxygens (including phenoxy) is 2. The van der Waals surface area contributed by atoms with E-state index >= 15 is 0 Å². The summed E-state index contributed by atoms with van der Waals surface area (Å²) in [6, 6.07) is 7.48. The first-order valence-corrected chi connectivity index (χ1v) is 10.8. The van der Waals surface area contributed by atoms with Gasteiger partial charge in [-0.2, -0.15) is 0 Å². The van der Waals surface area contributed by atoms with Crippen molar-refractivity contribution < 1.29 is 59.6 Å². The van der Waals surface area contributed by atoms with E-state index in [4.69, 9.17) is 9.47 Å². The third-order valence-electron chi connectivity index (χ3n) is 5.60. The van der Waals surface area contributed by atoms with E-state index in [0.29, 0.717) is 11.1 Å². The zero-order valence-corrected chi connectivity index (χ0v) is 19.1. The first-order chi connectivity index (χ1) is 17.4. The van der Waals surface area contributed by atoms with Gasteiger partial charge in [-0.25, -0.2) is 14.4 Å². The van der Waals surface area contributed by atoms with Crippen LogP contribution in [-0.4, -0.2) is 77.6 Å². The number of carbonyl (C=O) groups is 3. The average Bonchev–Trinajstić information content (AvgIpc) is 2.83. The normalized spacial score (nSPS) is 23.7. The van der Waals surface area contributed by atoms with Gasteiger partial charge in [-0.15, -0.1) is 0 Å². The lowest BCUT2D eigenvalue weighted by Crippen LogP contribution is -2.58. The van der Waals surface area contributed by atoms with Crippen LogP contribution in [0.25, 0.3) is 12.2 Å². The molecule has 12 nitrogen and oxygen atoms in total. The summed E-state index contributed by atoms with van der Waals surface area (Å²) in [7, 11) is 0. The largest absolute Gasteiger partial charge is 0.504 e. The van der Waals surface area contributed by atoms with Crippen molar-refractivity contribution in [3.63, 3.8) is 0 Å². The molecule has 0 aliphatic heterocycles.